The van der Waals surface area contributed by atoms with E-state index in [1.807, 2.05) is 25.4 Å². The second kappa shape index (κ2) is 6.70. The quantitative estimate of drug-likeness (QED) is 0.293. The lowest BCUT2D eigenvalue weighted by Gasteiger charge is -2.56. The normalized spacial score (nSPS) is 42.6. The van der Waals surface area contributed by atoms with E-state index in [4.69, 9.17) is 21.3 Å². The molecule has 29 heavy (non-hydrogen) atoms. The first kappa shape index (κ1) is 21.2. The molecule has 0 aliphatic heterocycles. The highest BCUT2D eigenvalue weighted by molar-refractivity contribution is 6.80. The number of allylic oxidation sites excluding steroid dienone is 4. The molecule has 0 bridgehead atoms. The Morgan fingerprint density at radius 1 is 1.31 bits per heavy atom. The fraction of sp³-hybridized carbons (Fsp3) is 0.739. The molecule has 0 spiro atoms. The number of carbonyl (C=O) groups excluding carboxylic acids is 1. The molecule has 0 aromatic heterocycles. The van der Waals surface area contributed by atoms with Crippen LogP contribution in [-0.4, -0.2) is 29.8 Å². The summed E-state index contributed by atoms with van der Waals surface area (Å²) in [4.78, 5) is 12.0. The monoisotopic (exact) mass is 433 g/mol. The first-order valence-electron chi connectivity index (χ1n) is 10.9. The van der Waals surface area contributed by atoms with Crippen LogP contribution in [0.5, 0.6) is 0 Å². The van der Waals surface area contributed by atoms with Gasteiger partial charge in [0.25, 0.3) is 14.6 Å². The number of rotatable bonds is 3. The number of nitrogens with zero attached hydrogens (tertiary/aromatic N) is 1. The van der Waals surface area contributed by atoms with E-state index >= 15 is 0 Å². The molecular formula is C23H32ClNO3Si. The van der Waals surface area contributed by atoms with Crippen molar-refractivity contribution in [3.63, 3.8) is 0 Å². The number of hydrogen-bond acceptors (Lipinski definition) is 4. The van der Waals surface area contributed by atoms with Crippen molar-refractivity contribution >= 4 is 25.7 Å². The summed E-state index contributed by atoms with van der Waals surface area (Å²) in [6, 6.07) is 0. The van der Waals surface area contributed by atoms with E-state index in [9.17, 15) is 9.90 Å². The van der Waals surface area contributed by atoms with E-state index in [1.54, 1.807) is 0 Å². The van der Waals surface area contributed by atoms with Crippen molar-refractivity contribution in [3.8, 4) is 6.26 Å². The molecular weight excluding hydrogens is 402 g/mol. The standard InChI is InChI=1S/C23H32ClNO3Si/c1-21-10-7-16(26)13-15(21)5-6-17-18(21)8-11-22(2)19(17)9-12-23(22,27)20(24)29(3,4)28-14-25/h8,13,17,19-20,27H,5-7,9-12H2,1-4H3/t17?,19?,20?,21-,22-,23-/m0/s1. The number of hydrogen-bond donors (Lipinski definition) is 1. The van der Waals surface area contributed by atoms with Crippen molar-refractivity contribution in [3.05, 3.63) is 23.3 Å². The van der Waals surface area contributed by atoms with E-state index in [1.165, 1.54) is 11.1 Å². The fourth-order valence-corrected chi connectivity index (χ4v) is 9.52. The van der Waals surface area contributed by atoms with Crippen LogP contribution in [0.3, 0.4) is 0 Å². The predicted octanol–water partition coefficient (Wildman–Crippen LogP) is 5.02. The third-order valence-corrected chi connectivity index (χ3v) is 13.1. The van der Waals surface area contributed by atoms with Gasteiger partial charge >= 0.3 is 0 Å². The van der Waals surface area contributed by atoms with Gasteiger partial charge in [0.2, 0.25) is 0 Å². The van der Waals surface area contributed by atoms with Crippen molar-refractivity contribution in [2.75, 3.05) is 0 Å². The predicted molar refractivity (Wildman–Crippen MR) is 115 cm³/mol. The Morgan fingerprint density at radius 3 is 2.72 bits per heavy atom. The second-order valence-corrected chi connectivity index (χ2v) is 15.4. The molecule has 4 rings (SSSR count). The number of carbonyl (C=O) groups is 1. The highest BCUT2D eigenvalue weighted by Gasteiger charge is 2.66. The maximum atomic E-state index is 12.0. The van der Waals surface area contributed by atoms with Gasteiger partial charge in [0.05, 0.1) is 10.6 Å². The first-order chi connectivity index (χ1) is 13.5. The minimum atomic E-state index is -2.57. The van der Waals surface area contributed by atoms with Crippen molar-refractivity contribution in [2.24, 2.45) is 22.7 Å². The molecule has 6 atom stereocenters. The van der Waals surface area contributed by atoms with Crippen molar-refractivity contribution in [1.82, 2.24) is 0 Å². The molecule has 0 radical (unpaired) electrons. The number of alkyl halides is 1. The Kier molecular flexibility index (Phi) is 4.89. The average Bonchev–Trinajstić information content (AvgIpc) is 2.94. The number of aliphatic hydroxyl groups is 1. The lowest BCUT2D eigenvalue weighted by molar-refractivity contribution is -0.115. The van der Waals surface area contributed by atoms with Gasteiger partial charge in [-0.25, -0.2) is 0 Å². The molecule has 4 nitrogen and oxygen atoms in total. The number of fused-ring (bicyclic) bond motifs is 5. The Morgan fingerprint density at radius 2 is 2.03 bits per heavy atom. The van der Waals surface area contributed by atoms with Crippen molar-refractivity contribution in [2.45, 2.75) is 82.5 Å². The van der Waals surface area contributed by atoms with Crippen molar-refractivity contribution in [1.29, 1.82) is 5.26 Å². The van der Waals surface area contributed by atoms with Gasteiger partial charge in [-0.3, -0.25) is 4.79 Å². The molecule has 2 fully saturated rings. The van der Waals surface area contributed by atoms with Gasteiger partial charge in [-0.05, 0) is 69.5 Å². The molecule has 4 aliphatic rings. The van der Waals surface area contributed by atoms with Crippen LogP contribution in [-0.2, 0) is 9.22 Å². The maximum Gasteiger partial charge on any atom is 0.282 e. The van der Waals surface area contributed by atoms with Crippen LogP contribution in [0, 0.1) is 34.2 Å². The molecule has 0 aromatic carbocycles. The van der Waals surface area contributed by atoms with Gasteiger partial charge in [0.15, 0.2) is 5.78 Å². The zero-order chi connectivity index (χ0) is 21.2. The minimum Gasteiger partial charge on any atom is -0.481 e. The zero-order valence-corrected chi connectivity index (χ0v) is 19.7. The highest BCUT2D eigenvalue weighted by atomic mass is 35.5. The lowest BCUT2D eigenvalue weighted by Crippen LogP contribution is -2.62. The molecule has 0 heterocycles. The molecule has 0 saturated heterocycles. The second-order valence-electron chi connectivity index (χ2n) is 10.6. The Balaban J connectivity index is 1.71. The van der Waals surface area contributed by atoms with Gasteiger partial charge in [-0.15, -0.1) is 11.6 Å². The molecule has 3 unspecified atom stereocenters. The molecule has 1 N–H and O–H groups in total. The summed E-state index contributed by atoms with van der Waals surface area (Å²) in [5.74, 6) is 1.07. The molecule has 0 aromatic rings. The number of ketones is 1. The van der Waals surface area contributed by atoms with Crippen LogP contribution in [0.25, 0.3) is 0 Å². The lowest BCUT2D eigenvalue weighted by atomic mass is 9.51. The van der Waals surface area contributed by atoms with Gasteiger partial charge in [0.1, 0.15) is 0 Å². The molecule has 6 heteroatoms. The third kappa shape index (κ3) is 2.82. The maximum absolute atomic E-state index is 12.0. The van der Waals surface area contributed by atoms with E-state index in [2.05, 4.69) is 19.9 Å². The van der Waals surface area contributed by atoms with Crippen LogP contribution in [0.15, 0.2) is 23.3 Å². The summed E-state index contributed by atoms with van der Waals surface area (Å²) in [6.07, 6.45) is 12.0. The van der Waals surface area contributed by atoms with E-state index < -0.39 is 18.9 Å². The molecule has 4 aliphatic carbocycles. The fourth-order valence-electron chi connectivity index (χ4n) is 7.06. The smallest absolute Gasteiger partial charge is 0.282 e. The van der Waals surface area contributed by atoms with Gasteiger partial charge in [0, 0.05) is 17.3 Å². The summed E-state index contributed by atoms with van der Waals surface area (Å²) >= 11 is 6.91. The molecule has 2 saturated carbocycles. The SMILES string of the molecule is C[C@]12CCC(=O)C=C1CCC1C2=CC[C@@]2(C)C1CC[C@]2(O)C(Cl)[Si](C)(C)OC#N. The van der Waals surface area contributed by atoms with E-state index in [0.717, 1.165) is 32.1 Å². The van der Waals surface area contributed by atoms with Crippen LogP contribution in [0.2, 0.25) is 13.1 Å². The summed E-state index contributed by atoms with van der Waals surface area (Å²) in [7, 11) is -2.57. The van der Waals surface area contributed by atoms with Crippen LogP contribution < -0.4 is 0 Å². The summed E-state index contributed by atoms with van der Waals surface area (Å²) < 4.78 is 5.39. The van der Waals surface area contributed by atoms with Gasteiger partial charge < -0.3 is 9.53 Å². The number of nitriles is 1. The Bertz CT molecular complexity index is 846. The van der Waals surface area contributed by atoms with E-state index in [0.29, 0.717) is 24.7 Å². The molecule has 158 valence electrons. The average molecular weight is 434 g/mol. The summed E-state index contributed by atoms with van der Waals surface area (Å²) in [5, 5.41) is 20.5. The van der Waals surface area contributed by atoms with Crippen LogP contribution >= 0.6 is 11.6 Å². The third-order valence-electron chi connectivity index (χ3n) is 8.89. The summed E-state index contributed by atoms with van der Waals surface area (Å²) in [5.41, 5.74) is 1.44. The first-order valence-corrected chi connectivity index (χ1v) is 14.3. The number of halogens is 1. The Labute approximate surface area is 180 Å². The summed E-state index contributed by atoms with van der Waals surface area (Å²) in [6.45, 7) is 8.35. The topological polar surface area (TPSA) is 70.3 Å². The van der Waals surface area contributed by atoms with E-state index in [-0.39, 0.29) is 16.6 Å². The Hall–Kier alpha value is -1.09. The van der Waals surface area contributed by atoms with Gasteiger partial charge in [-0.1, -0.05) is 31.1 Å². The van der Waals surface area contributed by atoms with Crippen LogP contribution in [0.4, 0.5) is 0 Å². The van der Waals surface area contributed by atoms with Crippen LogP contribution in [0.1, 0.15) is 58.8 Å². The zero-order valence-electron chi connectivity index (χ0n) is 17.9. The largest absolute Gasteiger partial charge is 0.481 e. The van der Waals surface area contributed by atoms with Crippen molar-refractivity contribution < 1.29 is 14.3 Å². The minimum absolute atomic E-state index is 0.00281. The molecule has 0 amide bonds. The highest BCUT2D eigenvalue weighted by Crippen LogP contribution is 2.66. The van der Waals surface area contributed by atoms with Gasteiger partial charge in [-0.2, -0.15) is 5.26 Å².